The summed E-state index contributed by atoms with van der Waals surface area (Å²) in [6, 6.07) is 55.7. The molecule has 0 aromatic heterocycles. The lowest BCUT2D eigenvalue weighted by Crippen LogP contribution is -2.41. The number of oxime groups is 2. The summed E-state index contributed by atoms with van der Waals surface area (Å²) in [6.45, 7) is 2.14. The second-order valence-corrected chi connectivity index (χ2v) is 29.5. The first-order valence-corrected chi connectivity index (χ1v) is 38.5. The number of halogens is 10. The summed E-state index contributed by atoms with van der Waals surface area (Å²) >= 11 is 24.4. The van der Waals surface area contributed by atoms with Gasteiger partial charge in [0.1, 0.15) is 13.2 Å². The summed E-state index contributed by atoms with van der Waals surface area (Å²) in [6.07, 6.45) is -2.28. The monoisotopic (exact) mass is 1570 g/mol. The van der Waals surface area contributed by atoms with Crippen molar-refractivity contribution in [2.75, 3.05) is 52.5 Å². The minimum absolute atomic E-state index is 0.0243. The van der Waals surface area contributed by atoms with Gasteiger partial charge in [-0.3, -0.25) is 9.98 Å². The molecule has 2 atom stereocenters. The van der Waals surface area contributed by atoms with Crippen molar-refractivity contribution in [2.24, 2.45) is 42.0 Å². The van der Waals surface area contributed by atoms with E-state index in [9.17, 15) is 43.2 Å². The van der Waals surface area contributed by atoms with E-state index < -0.39 is 43.5 Å². The van der Waals surface area contributed by atoms with Crippen molar-refractivity contribution in [3.8, 4) is 0 Å². The number of rotatable bonds is 30. The van der Waals surface area contributed by atoms with E-state index in [4.69, 9.17) is 87.7 Å². The van der Waals surface area contributed by atoms with Gasteiger partial charge in [-0.25, -0.2) is 36.3 Å². The Morgan fingerprint density at radius 1 is 0.443 bits per heavy atom. The number of alkyl halides is 6. The van der Waals surface area contributed by atoms with E-state index in [1.54, 1.807) is 34.3 Å². The molecular weight excluding hydrogens is 1500 g/mol. The first-order chi connectivity index (χ1) is 50.9. The molecule has 2 aliphatic rings. The predicted octanol–water partition coefficient (Wildman–Crippen LogP) is 17.0. The maximum atomic E-state index is 13.6. The molecule has 2 aliphatic heterocycles. The van der Waals surface area contributed by atoms with Crippen LogP contribution in [0.5, 0.6) is 0 Å². The quantitative estimate of drug-likeness (QED) is 0.0109. The molecule has 560 valence electrons. The molecule has 0 radical (unpaired) electrons. The molecule has 0 saturated carbocycles. The van der Waals surface area contributed by atoms with Crippen LogP contribution in [0.1, 0.15) is 121 Å². The number of hydrogen-bond acceptors (Lipinski definition) is 14. The number of benzene rings is 8. The third-order valence-corrected chi connectivity index (χ3v) is 20.4. The lowest BCUT2D eigenvalue weighted by Gasteiger charge is -2.20. The van der Waals surface area contributed by atoms with Gasteiger partial charge >= 0.3 is 12.4 Å². The van der Waals surface area contributed by atoms with E-state index >= 15 is 0 Å². The van der Waals surface area contributed by atoms with Gasteiger partial charge in [0.05, 0.1) is 56.9 Å². The molecule has 30 heteroatoms. The van der Waals surface area contributed by atoms with Crippen LogP contribution in [0.25, 0.3) is 0 Å². The Balaban J connectivity index is 0.000000245. The first-order valence-electron chi connectivity index (χ1n) is 34.0. The molecule has 6 N–H and O–H groups in total. The largest absolute Gasteiger partial charge is 0.416 e. The van der Waals surface area contributed by atoms with Gasteiger partial charge in [-0.15, -0.1) is 0 Å². The minimum atomic E-state index is -4.44. The van der Waals surface area contributed by atoms with Crippen molar-refractivity contribution in [2.45, 2.75) is 98.2 Å². The number of sulfonamides is 2. The van der Waals surface area contributed by atoms with E-state index in [1.807, 2.05) is 84.9 Å². The van der Waals surface area contributed by atoms with Crippen molar-refractivity contribution in [1.29, 1.82) is 0 Å². The Morgan fingerprint density at radius 3 is 1.08 bits per heavy atom. The van der Waals surface area contributed by atoms with Crippen molar-refractivity contribution < 1.29 is 52.9 Å². The van der Waals surface area contributed by atoms with E-state index in [0.717, 1.165) is 83.6 Å². The molecule has 8 aromatic rings. The topological polar surface area (TPSA) is 243 Å². The SMILES string of the molecule is NCCO/N=C(/CCCCCCN=C(NS(=O)(=O)c1ccc(Cl)cc1)N1C[C@H](c2ccccc2)C(c2ccc(Cl)cc2)=N1)c1ccc(C(F)(F)F)cc1.NCCO/N=C(/CCCCCCN=C(NS(=O)(=O)c1ccc(Cl)cc1)N1C[C@H](c2ccccc2)C(c2ccc(Cl)cc2)=N1)c1ccc(C(F)(F)F)cc1. The first kappa shape index (κ1) is 81.2. The van der Waals surface area contributed by atoms with Crippen LogP contribution in [0, 0.1) is 0 Å². The van der Waals surface area contributed by atoms with Gasteiger partial charge in [-0.1, -0.05) is 192 Å². The Kier molecular flexibility index (Phi) is 30.0. The van der Waals surface area contributed by atoms with Gasteiger partial charge in [0, 0.05) is 58.1 Å². The van der Waals surface area contributed by atoms with E-state index in [2.05, 4.69) is 19.8 Å². The summed E-state index contributed by atoms with van der Waals surface area (Å²) < 4.78 is 138. The fourth-order valence-electron chi connectivity index (χ4n) is 11.3. The third kappa shape index (κ3) is 24.1. The highest BCUT2D eigenvalue weighted by Gasteiger charge is 2.36. The highest BCUT2D eigenvalue weighted by atomic mass is 35.5. The molecular formula is C76H78Cl4F6N12O6S2. The molecule has 106 heavy (non-hydrogen) atoms. The molecule has 2 heterocycles. The van der Waals surface area contributed by atoms with E-state index in [-0.39, 0.29) is 59.8 Å². The van der Waals surface area contributed by atoms with E-state index in [0.29, 0.717) is 107 Å². The molecule has 0 unspecified atom stereocenters. The summed E-state index contributed by atoms with van der Waals surface area (Å²) in [7, 11) is -8.11. The van der Waals surface area contributed by atoms with Crippen LogP contribution < -0.4 is 20.9 Å². The van der Waals surface area contributed by atoms with Gasteiger partial charge in [-0.05, 0) is 169 Å². The fourth-order valence-corrected chi connectivity index (χ4v) is 13.8. The maximum absolute atomic E-state index is 13.6. The second-order valence-electron chi connectivity index (χ2n) is 24.4. The standard InChI is InChI=1S/2C38H39Cl2F3N6O3S/c2*39-31-17-13-29(14-18-31)36-34(27-8-4-3-5-9-27)26-49(46-36)37(48-53(50,51)33-21-19-32(40)20-22-33)45-24-7-2-1-6-10-35(47-52-25-23-44)28-11-15-30(16-12-28)38(41,42)43/h2*3-5,8-9,11-22,34H,1-2,6-7,10,23-26,44H2,(H,45,48)/b2*47-35-/t2*34-/m11/s1. The summed E-state index contributed by atoms with van der Waals surface area (Å²) in [4.78, 5) is 20.0. The smallest absolute Gasteiger partial charge is 0.394 e. The Labute approximate surface area is 633 Å². The maximum Gasteiger partial charge on any atom is 0.416 e. The third-order valence-electron chi connectivity index (χ3n) is 16.7. The molecule has 0 spiro atoms. The van der Waals surface area contributed by atoms with Crippen LogP contribution in [-0.2, 0) is 42.1 Å². The van der Waals surface area contributed by atoms with Gasteiger partial charge < -0.3 is 21.1 Å². The van der Waals surface area contributed by atoms with Crippen LogP contribution in [0.15, 0.2) is 247 Å². The van der Waals surface area contributed by atoms with Crippen molar-refractivity contribution in [3.05, 3.63) is 271 Å². The number of guanidine groups is 2. The minimum Gasteiger partial charge on any atom is -0.394 e. The van der Waals surface area contributed by atoms with Crippen LogP contribution in [0.2, 0.25) is 20.1 Å². The lowest BCUT2D eigenvalue weighted by atomic mass is 9.91. The fraction of sp³-hybridized carbons (Fsp3) is 0.289. The van der Waals surface area contributed by atoms with Crippen molar-refractivity contribution in [1.82, 2.24) is 19.5 Å². The number of nitrogens with one attached hydrogen (secondary N) is 2. The summed E-state index contributed by atoms with van der Waals surface area (Å²) in [5.41, 5.74) is 16.9. The summed E-state index contributed by atoms with van der Waals surface area (Å²) in [5.74, 6) is -0.203. The zero-order valence-corrected chi connectivity index (χ0v) is 61.9. The second kappa shape index (κ2) is 39.1. The number of hydrogen-bond donors (Lipinski definition) is 4. The van der Waals surface area contributed by atoms with Crippen LogP contribution in [-0.4, -0.2) is 114 Å². The molecule has 0 saturated heterocycles. The Morgan fingerprint density at radius 2 is 0.764 bits per heavy atom. The van der Waals surface area contributed by atoms with Gasteiger partial charge in [-0.2, -0.15) is 36.5 Å². The number of nitrogens with zero attached hydrogens (tertiary/aromatic N) is 8. The number of aliphatic imine (C=N–C) groups is 2. The number of unbranched alkanes of at least 4 members (excludes halogenated alkanes) is 6. The van der Waals surface area contributed by atoms with Crippen LogP contribution in [0.3, 0.4) is 0 Å². The van der Waals surface area contributed by atoms with Crippen LogP contribution >= 0.6 is 46.4 Å². The molecule has 0 fully saturated rings. The molecule has 0 bridgehead atoms. The lowest BCUT2D eigenvalue weighted by molar-refractivity contribution is -0.138. The average molecular weight is 1580 g/mol. The van der Waals surface area contributed by atoms with Crippen molar-refractivity contribution >= 4 is 101 Å². The molecule has 0 amide bonds. The van der Waals surface area contributed by atoms with Gasteiger partial charge in [0.2, 0.25) is 11.9 Å². The number of hydrazone groups is 2. The summed E-state index contributed by atoms with van der Waals surface area (Å²) in [5, 5.41) is 23.2. The average Bonchev–Trinajstić information content (AvgIpc) is 1.60. The Bertz CT molecular complexity index is 4280. The number of nitrogens with two attached hydrogens (primary N) is 2. The zero-order valence-electron chi connectivity index (χ0n) is 57.3. The highest BCUT2D eigenvalue weighted by Crippen LogP contribution is 2.34. The normalized spacial score (nSPS) is 15.4. The zero-order chi connectivity index (χ0) is 75.7. The van der Waals surface area contributed by atoms with Crippen LogP contribution in [0.4, 0.5) is 26.3 Å². The molecule has 10 rings (SSSR count). The van der Waals surface area contributed by atoms with Gasteiger partial charge in [0.15, 0.2) is 0 Å². The molecule has 18 nitrogen and oxygen atoms in total. The van der Waals surface area contributed by atoms with Crippen molar-refractivity contribution in [3.63, 3.8) is 0 Å². The molecule has 8 aromatic carbocycles. The van der Waals surface area contributed by atoms with E-state index in [1.165, 1.54) is 72.8 Å². The molecule has 0 aliphatic carbocycles. The van der Waals surface area contributed by atoms with Gasteiger partial charge in [0.25, 0.3) is 20.0 Å². The Hall–Kier alpha value is -8.86. The predicted molar refractivity (Wildman–Crippen MR) is 408 cm³/mol. The highest BCUT2D eigenvalue weighted by molar-refractivity contribution is 7.90.